The fourth-order valence-corrected chi connectivity index (χ4v) is 5.72. The van der Waals surface area contributed by atoms with E-state index >= 15 is 0 Å². The predicted octanol–water partition coefficient (Wildman–Crippen LogP) is 2.69. The number of aromatic nitrogens is 1. The first-order valence-corrected chi connectivity index (χ1v) is 12.5. The van der Waals surface area contributed by atoms with E-state index in [1.807, 2.05) is 18.2 Å². The number of aliphatic hydroxyl groups is 1. The smallest absolute Gasteiger partial charge is 0.244 e. The number of para-hydroxylation sites is 1. The number of nitrogens with one attached hydrogen (secondary N) is 1. The van der Waals surface area contributed by atoms with Crippen molar-refractivity contribution in [1.82, 2.24) is 14.6 Å². The summed E-state index contributed by atoms with van der Waals surface area (Å²) in [6, 6.07) is 12.2. The van der Waals surface area contributed by atoms with Crippen LogP contribution in [-0.4, -0.2) is 54.0 Å². The molecule has 1 saturated heterocycles. The predicted molar refractivity (Wildman–Crippen MR) is 119 cm³/mol. The Morgan fingerprint density at radius 3 is 2.50 bits per heavy atom. The van der Waals surface area contributed by atoms with Crippen LogP contribution in [0.1, 0.15) is 38.5 Å². The van der Waals surface area contributed by atoms with Gasteiger partial charge in [-0.3, -0.25) is 4.79 Å². The molecular formula is C23H29N3O5S. The zero-order valence-electron chi connectivity index (χ0n) is 17.9. The number of sulfonamides is 1. The topological polar surface area (TPSA) is 109 Å². The highest BCUT2D eigenvalue weighted by atomic mass is 32.2. The van der Waals surface area contributed by atoms with E-state index in [0.29, 0.717) is 43.9 Å². The molecule has 0 radical (unpaired) electrons. The molecular weight excluding hydrogens is 430 g/mol. The average molecular weight is 460 g/mol. The first-order chi connectivity index (χ1) is 15.4. The molecule has 2 aromatic rings. The summed E-state index contributed by atoms with van der Waals surface area (Å²) in [7, 11) is -3.76. The number of hydrogen-bond acceptors (Lipinski definition) is 6. The number of hydrogen-bond donors (Lipinski definition) is 2. The van der Waals surface area contributed by atoms with Gasteiger partial charge in [-0.05, 0) is 56.7 Å². The van der Waals surface area contributed by atoms with Gasteiger partial charge in [0.2, 0.25) is 21.8 Å². The van der Waals surface area contributed by atoms with Gasteiger partial charge in [-0.25, -0.2) is 13.4 Å². The summed E-state index contributed by atoms with van der Waals surface area (Å²) in [6.45, 7) is 0.537. The van der Waals surface area contributed by atoms with E-state index in [0.717, 1.165) is 12.8 Å². The van der Waals surface area contributed by atoms with Crippen LogP contribution in [0.25, 0.3) is 0 Å². The van der Waals surface area contributed by atoms with Crippen molar-refractivity contribution < 1.29 is 23.1 Å². The summed E-state index contributed by atoms with van der Waals surface area (Å²) >= 11 is 0. The quantitative estimate of drug-likeness (QED) is 0.688. The van der Waals surface area contributed by atoms with Gasteiger partial charge >= 0.3 is 0 Å². The van der Waals surface area contributed by atoms with Crippen LogP contribution in [0.15, 0.2) is 53.6 Å². The number of nitrogens with zero attached hydrogens (tertiary/aromatic N) is 2. The van der Waals surface area contributed by atoms with Gasteiger partial charge in [0, 0.05) is 25.2 Å². The third-order valence-electron chi connectivity index (χ3n) is 6.11. The first kappa shape index (κ1) is 22.7. The summed E-state index contributed by atoms with van der Waals surface area (Å²) in [4.78, 5) is 17.0. The third-order valence-corrected chi connectivity index (χ3v) is 7.96. The van der Waals surface area contributed by atoms with Crippen molar-refractivity contribution in [3.8, 4) is 11.6 Å². The second-order valence-electron chi connectivity index (χ2n) is 8.46. The highest BCUT2D eigenvalue weighted by Gasteiger charge is 2.34. The molecule has 1 aliphatic heterocycles. The molecule has 2 fully saturated rings. The lowest BCUT2D eigenvalue weighted by Gasteiger charge is -2.33. The fraction of sp³-hybridized carbons (Fsp3) is 0.478. The van der Waals surface area contributed by atoms with Crippen molar-refractivity contribution in [2.75, 3.05) is 13.1 Å². The summed E-state index contributed by atoms with van der Waals surface area (Å²) in [5, 5.41) is 12.7. The Labute approximate surface area is 188 Å². The molecule has 1 aliphatic carbocycles. The number of piperidine rings is 1. The molecule has 0 spiro atoms. The van der Waals surface area contributed by atoms with Crippen molar-refractivity contribution in [3.05, 3.63) is 48.7 Å². The summed E-state index contributed by atoms with van der Waals surface area (Å²) in [6.07, 6.45) is 5.19. The number of pyridine rings is 1. The molecule has 2 N–H and O–H groups in total. The van der Waals surface area contributed by atoms with Crippen LogP contribution >= 0.6 is 0 Å². The van der Waals surface area contributed by atoms with Crippen LogP contribution < -0.4 is 10.1 Å². The molecule has 9 heteroatoms. The van der Waals surface area contributed by atoms with Gasteiger partial charge in [0.05, 0.1) is 18.2 Å². The minimum atomic E-state index is -3.76. The van der Waals surface area contributed by atoms with Gasteiger partial charge in [0.1, 0.15) is 10.6 Å². The first-order valence-electron chi connectivity index (χ1n) is 11.1. The molecule has 32 heavy (non-hydrogen) atoms. The van der Waals surface area contributed by atoms with E-state index in [1.54, 1.807) is 12.1 Å². The molecule has 8 nitrogen and oxygen atoms in total. The monoisotopic (exact) mass is 459 g/mol. The van der Waals surface area contributed by atoms with Crippen LogP contribution in [0.4, 0.5) is 0 Å². The molecule has 1 aromatic heterocycles. The zero-order valence-corrected chi connectivity index (χ0v) is 18.7. The normalized spacial score (nSPS) is 24.6. The minimum Gasteiger partial charge on any atom is -0.439 e. The second-order valence-corrected chi connectivity index (χ2v) is 10.4. The lowest BCUT2D eigenvalue weighted by atomic mass is 9.92. The van der Waals surface area contributed by atoms with Crippen LogP contribution in [0.2, 0.25) is 0 Å². The Bertz CT molecular complexity index is 1010. The van der Waals surface area contributed by atoms with Gasteiger partial charge in [0.25, 0.3) is 0 Å². The molecule has 2 heterocycles. The highest BCUT2D eigenvalue weighted by molar-refractivity contribution is 7.89. The van der Waals surface area contributed by atoms with Crippen molar-refractivity contribution in [1.29, 1.82) is 0 Å². The average Bonchev–Trinajstić information content (AvgIpc) is 2.82. The Hall–Kier alpha value is -2.49. The maximum atomic E-state index is 13.1. The van der Waals surface area contributed by atoms with E-state index < -0.39 is 10.0 Å². The van der Waals surface area contributed by atoms with Gasteiger partial charge < -0.3 is 15.2 Å². The molecule has 1 unspecified atom stereocenters. The molecule has 172 valence electrons. The zero-order chi connectivity index (χ0) is 22.6. The molecule has 1 aromatic carbocycles. The summed E-state index contributed by atoms with van der Waals surface area (Å²) in [5.41, 5.74) is 0. The Morgan fingerprint density at radius 2 is 1.81 bits per heavy atom. The van der Waals surface area contributed by atoms with Crippen LogP contribution in [0, 0.1) is 5.92 Å². The maximum Gasteiger partial charge on any atom is 0.244 e. The van der Waals surface area contributed by atoms with E-state index in [9.17, 15) is 18.3 Å². The Balaban J connectivity index is 1.38. The largest absolute Gasteiger partial charge is 0.439 e. The highest BCUT2D eigenvalue weighted by Crippen LogP contribution is 2.26. The number of ether oxygens (including phenoxy) is 1. The van der Waals surface area contributed by atoms with Gasteiger partial charge in [-0.15, -0.1) is 0 Å². The Morgan fingerprint density at radius 1 is 1.06 bits per heavy atom. The lowest BCUT2D eigenvalue weighted by Crippen LogP contribution is -2.48. The number of aliphatic hydroxyl groups excluding tert-OH is 1. The SMILES string of the molecule is O=C(NC1CCC(O)CC1)C1CCCN(S(=O)(=O)c2ccc(Oc3ccccc3)nc2)C1. The van der Waals surface area contributed by atoms with E-state index in [1.165, 1.54) is 22.6 Å². The number of amides is 1. The molecule has 4 rings (SSSR count). The van der Waals surface area contributed by atoms with Crippen LogP contribution in [-0.2, 0) is 14.8 Å². The van der Waals surface area contributed by atoms with Gasteiger partial charge in [-0.1, -0.05) is 18.2 Å². The van der Waals surface area contributed by atoms with Gasteiger partial charge in [0.15, 0.2) is 0 Å². The number of rotatable bonds is 6. The van der Waals surface area contributed by atoms with Crippen molar-refractivity contribution in [2.24, 2.45) is 5.92 Å². The molecule has 1 amide bonds. The van der Waals surface area contributed by atoms with Crippen molar-refractivity contribution in [3.63, 3.8) is 0 Å². The standard InChI is InChI=1S/C23H29N3O5S/c27-19-10-8-18(9-11-19)25-23(28)17-5-4-14-26(16-17)32(29,30)21-12-13-22(24-15-21)31-20-6-2-1-3-7-20/h1-3,6-7,12-13,15,17-19,27H,4-5,8-11,14,16H2,(H,25,28). The molecule has 0 bridgehead atoms. The van der Waals surface area contributed by atoms with E-state index in [2.05, 4.69) is 10.3 Å². The maximum absolute atomic E-state index is 13.1. The van der Waals surface area contributed by atoms with E-state index in [-0.39, 0.29) is 35.4 Å². The number of benzene rings is 1. The van der Waals surface area contributed by atoms with E-state index in [4.69, 9.17) is 4.74 Å². The summed E-state index contributed by atoms with van der Waals surface area (Å²) < 4.78 is 33.3. The molecule has 2 aliphatic rings. The third kappa shape index (κ3) is 5.46. The van der Waals surface area contributed by atoms with Crippen LogP contribution in [0.3, 0.4) is 0 Å². The summed E-state index contributed by atoms with van der Waals surface area (Å²) in [5.74, 6) is 0.451. The number of carbonyl (C=O) groups excluding carboxylic acids is 1. The number of carbonyl (C=O) groups is 1. The van der Waals surface area contributed by atoms with Crippen LogP contribution in [0.5, 0.6) is 11.6 Å². The van der Waals surface area contributed by atoms with Crippen molar-refractivity contribution >= 4 is 15.9 Å². The second kappa shape index (κ2) is 9.97. The van der Waals surface area contributed by atoms with Gasteiger partial charge in [-0.2, -0.15) is 4.31 Å². The van der Waals surface area contributed by atoms with Crippen molar-refractivity contribution in [2.45, 2.75) is 55.6 Å². The fourth-order valence-electron chi connectivity index (χ4n) is 4.25. The minimum absolute atomic E-state index is 0.0549. The lowest BCUT2D eigenvalue weighted by molar-refractivity contribution is -0.127. The molecule has 1 saturated carbocycles. The Kier molecular flexibility index (Phi) is 7.07. The molecule has 1 atom stereocenters.